The molecule has 1 heterocycles. The number of ether oxygens (including phenoxy) is 2. The molecule has 1 amide bonds. The van der Waals surface area contributed by atoms with Crippen molar-refractivity contribution in [1.82, 2.24) is 9.88 Å². The average molecular weight is 458 g/mol. The Bertz CT molecular complexity index is 1080. The Morgan fingerprint density at radius 2 is 1.87 bits per heavy atom. The number of hydrogen-bond acceptors (Lipinski definition) is 7. The van der Waals surface area contributed by atoms with Gasteiger partial charge in [0, 0.05) is 24.1 Å². The lowest BCUT2D eigenvalue weighted by Gasteiger charge is -2.20. The summed E-state index contributed by atoms with van der Waals surface area (Å²) in [7, 11) is 7.17. The van der Waals surface area contributed by atoms with Gasteiger partial charge in [0.2, 0.25) is 0 Å². The number of methoxy groups -OCH3 is 2. The first-order chi connectivity index (χ1) is 14.9. The molecule has 0 saturated heterocycles. The third kappa shape index (κ3) is 5.78. The minimum Gasteiger partial charge on any atom is -0.493 e. The van der Waals surface area contributed by atoms with Crippen molar-refractivity contribution in [3.63, 3.8) is 0 Å². The highest BCUT2D eigenvalue weighted by atomic mass is 32.2. The van der Waals surface area contributed by atoms with Crippen molar-refractivity contribution >= 4 is 50.4 Å². The van der Waals surface area contributed by atoms with E-state index in [1.165, 1.54) is 16.2 Å². The van der Waals surface area contributed by atoms with Gasteiger partial charge in [-0.25, -0.2) is 4.98 Å². The number of benzene rings is 2. The van der Waals surface area contributed by atoms with Crippen molar-refractivity contribution in [3.05, 3.63) is 48.0 Å². The van der Waals surface area contributed by atoms with Crippen LogP contribution in [0.4, 0.5) is 5.13 Å². The summed E-state index contributed by atoms with van der Waals surface area (Å²) in [5.74, 6) is 1.16. The fraction of sp³-hybridized carbons (Fsp3) is 0.304. The second-order valence-electron chi connectivity index (χ2n) is 7.07. The quantitative estimate of drug-likeness (QED) is 0.345. The summed E-state index contributed by atoms with van der Waals surface area (Å²) in [4.78, 5) is 22.8. The van der Waals surface area contributed by atoms with E-state index in [-0.39, 0.29) is 5.91 Å². The molecule has 164 valence electrons. The number of amides is 1. The number of hydrogen-bond donors (Lipinski definition) is 0. The van der Waals surface area contributed by atoms with Gasteiger partial charge in [0.15, 0.2) is 16.6 Å². The standard InChI is InChI=1S/C23H27N3O3S2/c1-25(2)12-13-26(23-24-18-9-8-17(30-5)15-21(18)31-23)22(27)11-7-16-6-10-19(28-3)20(14-16)29-4/h6-11,14-15H,12-13H2,1-5H3. The van der Waals surface area contributed by atoms with Crippen LogP contribution in [0.3, 0.4) is 0 Å². The zero-order valence-corrected chi connectivity index (χ0v) is 20.0. The molecule has 0 N–H and O–H groups in total. The lowest BCUT2D eigenvalue weighted by molar-refractivity contribution is -0.114. The van der Waals surface area contributed by atoms with Crippen LogP contribution in [0.1, 0.15) is 5.56 Å². The largest absolute Gasteiger partial charge is 0.493 e. The second kappa shape index (κ2) is 10.7. The number of nitrogens with zero attached hydrogens (tertiary/aromatic N) is 3. The van der Waals surface area contributed by atoms with Crippen LogP contribution in [-0.4, -0.2) is 63.5 Å². The second-order valence-corrected chi connectivity index (χ2v) is 8.96. The fourth-order valence-electron chi connectivity index (χ4n) is 2.95. The molecular formula is C23H27N3O3S2. The Morgan fingerprint density at radius 1 is 1.10 bits per heavy atom. The molecule has 2 aromatic carbocycles. The van der Waals surface area contributed by atoms with E-state index in [2.05, 4.69) is 23.3 Å². The Kier molecular flexibility index (Phi) is 7.95. The van der Waals surface area contributed by atoms with Crippen LogP contribution < -0.4 is 14.4 Å². The van der Waals surface area contributed by atoms with Crippen molar-refractivity contribution < 1.29 is 14.3 Å². The first kappa shape index (κ1) is 23.1. The Balaban J connectivity index is 1.87. The maximum absolute atomic E-state index is 13.1. The summed E-state index contributed by atoms with van der Waals surface area (Å²) in [5.41, 5.74) is 1.76. The Morgan fingerprint density at radius 3 is 2.55 bits per heavy atom. The number of thioether (sulfide) groups is 1. The Hall–Kier alpha value is -2.55. The van der Waals surface area contributed by atoms with Crippen molar-refractivity contribution in [2.75, 3.05) is 52.6 Å². The number of anilines is 1. The lowest BCUT2D eigenvalue weighted by atomic mass is 10.2. The number of aromatic nitrogens is 1. The van der Waals surface area contributed by atoms with E-state index in [0.29, 0.717) is 23.2 Å². The first-order valence-corrected chi connectivity index (χ1v) is 11.8. The molecule has 6 nitrogen and oxygen atoms in total. The lowest BCUT2D eigenvalue weighted by Crippen LogP contribution is -2.35. The van der Waals surface area contributed by atoms with Crippen LogP contribution in [0.5, 0.6) is 11.5 Å². The number of rotatable bonds is 9. The molecule has 0 spiro atoms. The molecule has 8 heteroatoms. The van der Waals surface area contributed by atoms with Gasteiger partial charge < -0.3 is 14.4 Å². The van der Waals surface area contributed by atoms with Gasteiger partial charge in [-0.15, -0.1) is 11.8 Å². The van der Waals surface area contributed by atoms with Crippen LogP contribution >= 0.6 is 23.1 Å². The molecule has 1 aromatic heterocycles. The summed E-state index contributed by atoms with van der Waals surface area (Å²) < 4.78 is 11.7. The number of fused-ring (bicyclic) bond motifs is 1. The average Bonchev–Trinajstić information content (AvgIpc) is 3.19. The highest BCUT2D eigenvalue weighted by molar-refractivity contribution is 7.98. The van der Waals surface area contributed by atoms with Crippen molar-refractivity contribution in [1.29, 1.82) is 0 Å². The minimum atomic E-state index is -0.110. The summed E-state index contributed by atoms with van der Waals surface area (Å²) in [6, 6.07) is 11.7. The molecule has 31 heavy (non-hydrogen) atoms. The molecule has 0 aliphatic carbocycles. The fourth-order valence-corrected chi connectivity index (χ4v) is 4.50. The van der Waals surface area contributed by atoms with Crippen LogP contribution in [0.15, 0.2) is 47.4 Å². The summed E-state index contributed by atoms with van der Waals surface area (Å²) >= 11 is 3.23. The number of likely N-dealkylation sites (N-methyl/N-ethyl adjacent to an activating group) is 1. The van der Waals surface area contributed by atoms with Gasteiger partial charge in [0.1, 0.15) is 0 Å². The minimum absolute atomic E-state index is 0.110. The van der Waals surface area contributed by atoms with Crippen molar-refractivity contribution in [2.24, 2.45) is 0 Å². The molecule has 0 aliphatic rings. The highest BCUT2D eigenvalue weighted by Crippen LogP contribution is 2.32. The van der Waals surface area contributed by atoms with Gasteiger partial charge >= 0.3 is 0 Å². The van der Waals surface area contributed by atoms with E-state index < -0.39 is 0 Å². The predicted octanol–water partition coefficient (Wildman–Crippen LogP) is 4.64. The van der Waals surface area contributed by atoms with Crippen molar-refractivity contribution in [2.45, 2.75) is 4.90 Å². The summed E-state index contributed by atoms with van der Waals surface area (Å²) in [6.45, 7) is 1.29. The van der Waals surface area contributed by atoms with Crippen LogP contribution in [0.25, 0.3) is 16.3 Å². The number of carbonyl (C=O) groups excluding carboxylic acids is 1. The SMILES string of the molecule is COc1ccc(C=CC(=O)N(CCN(C)C)c2nc3ccc(SC)cc3s2)cc1OC. The number of thiazole rings is 1. The van der Waals surface area contributed by atoms with Gasteiger partial charge in [-0.3, -0.25) is 9.69 Å². The van der Waals surface area contributed by atoms with Crippen LogP contribution in [0, 0.1) is 0 Å². The van der Waals surface area contributed by atoms with Crippen LogP contribution in [0.2, 0.25) is 0 Å². The third-order valence-electron chi connectivity index (χ3n) is 4.68. The monoisotopic (exact) mass is 457 g/mol. The third-order valence-corrected chi connectivity index (χ3v) is 6.44. The van der Waals surface area contributed by atoms with E-state index >= 15 is 0 Å². The van der Waals surface area contributed by atoms with Gasteiger partial charge in [-0.1, -0.05) is 17.4 Å². The van der Waals surface area contributed by atoms with Crippen molar-refractivity contribution in [3.8, 4) is 11.5 Å². The highest BCUT2D eigenvalue weighted by Gasteiger charge is 2.18. The molecular weight excluding hydrogens is 430 g/mol. The molecule has 0 radical (unpaired) electrons. The summed E-state index contributed by atoms with van der Waals surface area (Å²) in [6.07, 6.45) is 5.41. The number of carbonyl (C=O) groups is 1. The van der Waals surface area contributed by atoms with E-state index in [9.17, 15) is 4.79 Å². The maximum Gasteiger partial charge on any atom is 0.252 e. The van der Waals surface area contributed by atoms with Gasteiger partial charge in [-0.05, 0) is 62.3 Å². The van der Waals surface area contributed by atoms with E-state index in [1.54, 1.807) is 43.0 Å². The van der Waals surface area contributed by atoms with Gasteiger partial charge in [0.25, 0.3) is 5.91 Å². The smallest absolute Gasteiger partial charge is 0.252 e. The van der Waals surface area contributed by atoms with E-state index in [1.807, 2.05) is 38.4 Å². The predicted molar refractivity (Wildman–Crippen MR) is 131 cm³/mol. The molecule has 0 atom stereocenters. The van der Waals surface area contributed by atoms with E-state index in [4.69, 9.17) is 14.5 Å². The topological polar surface area (TPSA) is 54.9 Å². The van der Waals surface area contributed by atoms with E-state index in [0.717, 1.165) is 22.3 Å². The zero-order valence-electron chi connectivity index (χ0n) is 18.4. The first-order valence-electron chi connectivity index (χ1n) is 9.76. The molecule has 0 aliphatic heterocycles. The molecule has 3 aromatic rings. The molecule has 0 fully saturated rings. The van der Waals surface area contributed by atoms with Gasteiger partial charge in [-0.2, -0.15) is 0 Å². The van der Waals surface area contributed by atoms with Crippen LogP contribution in [-0.2, 0) is 4.79 Å². The zero-order chi connectivity index (χ0) is 22.4. The molecule has 3 rings (SSSR count). The normalized spacial score (nSPS) is 11.4. The molecule has 0 unspecified atom stereocenters. The molecule has 0 bridgehead atoms. The Labute approximate surface area is 191 Å². The summed E-state index contributed by atoms with van der Waals surface area (Å²) in [5, 5.41) is 0.706. The molecule has 0 saturated carbocycles. The van der Waals surface area contributed by atoms with Gasteiger partial charge in [0.05, 0.1) is 24.4 Å². The maximum atomic E-state index is 13.1.